The average molecular weight is 237 g/mol. The summed E-state index contributed by atoms with van der Waals surface area (Å²) in [6, 6.07) is 3.26. The predicted molar refractivity (Wildman–Crippen MR) is 71.5 cm³/mol. The van der Waals surface area contributed by atoms with Gasteiger partial charge in [0.05, 0.1) is 6.07 Å². The van der Waals surface area contributed by atoms with E-state index in [1.807, 2.05) is 6.92 Å². The van der Waals surface area contributed by atoms with Crippen LogP contribution in [0.4, 0.5) is 0 Å². The molecule has 0 spiro atoms. The number of nitriles is 1. The van der Waals surface area contributed by atoms with Crippen molar-refractivity contribution in [1.82, 2.24) is 4.90 Å². The molecule has 0 saturated heterocycles. The molecule has 17 heavy (non-hydrogen) atoms. The molecule has 0 bridgehead atoms. The smallest absolute Gasteiger partial charge is 0.102 e. The summed E-state index contributed by atoms with van der Waals surface area (Å²) in [5.74, 6) is 0. The third-order valence-electron chi connectivity index (χ3n) is 4.07. The van der Waals surface area contributed by atoms with Crippen LogP contribution in [0.5, 0.6) is 0 Å². The van der Waals surface area contributed by atoms with Crippen LogP contribution in [0.3, 0.4) is 0 Å². The molecule has 1 rings (SSSR count). The van der Waals surface area contributed by atoms with Crippen LogP contribution in [-0.4, -0.2) is 29.6 Å². The van der Waals surface area contributed by atoms with Crippen LogP contribution in [0.1, 0.15) is 58.8 Å². The number of rotatable bonds is 4. The van der Waals surface area contributed by atoms with E-state index in [0.29, 0.717) is 12.1 Å². The maximum Gasteiger partial charge on any atom is 0.102 e. The molecule has 1 aliphatic rings. The third kappa shape index (κ3) is 4.65. The Morgan fingerprint density at radius 2 is 1.88 bits per heavy atom. The van der Waals surface area contributed by atoms with E-state index in [9.17, 15) is 0 Å². The van der Waals surface area contributed by atoms with Crippen LogP contribution >= 0.6 is 0 Å². The molecule has 3 nitrogen and oxygen atoms in total. The molecule has 0 aromatic heterocycles. The van der Waals surface area contributed by atoms with E-state index in [2.05, 4.69) is 24.9 Å². The van der Waals surface area contributed by atoms with Crippen LogP contribution in [0.2, 0.25) is 0 Å². The number of hydrogen-bond donors (Lipinski definition) is 1. The third-order valence-corrected chi connectivity index (χ3v) is 4.07. The topological polar surface area (TPSA) is 53.1 Å². The molecule has 2 N–H and O–H groups in total. The van der Waals surface area contributed by atoms with Crippen molar-refractivity contribution in [3.63, 3.8) is 0 Å². The first kappa shape index (κ1) is 14.5. The highest BCUT2D eigenvalue weighted by Gasteiger charge is 2.27. The van der Waals surface area contributed by atoms with E-state index in [1.54, 1.807) is 0 Å². The first-order chi connectivity index (χ1) is 7.96. The maximum atomic E-state index is 8.99. The molecular formula is C14H27N3. The van der Waals surface area contributed by atoms with Gasteiger partial charge in [-0.25, -0.2) is 0 Å². The first-order valence-electron chi connectivity index (χ1n) is 6.88. The van der Waals surface area contributed by atoms with Gasteiger partial charge in [-0.15, -0.1) is 0 Å². The fraction of sp³-hybridized carbons (Fsp3) is 0.929. The summed E-state index contributed by atoms with van der Waals surface area (Å²) in [5, 5.41) is 8.99. The van der Waals surface area contributed by atoms with Gasteiger partial charge >= 0.3 is 0 Å². The molecule has 3 heteroatoms. The quantitative estimate of drug-likeness (QED) is 0.765. The van der Waals surface area contributed by atoms with Crippen LogP contribution in [0.25, 0.3) is 0 Å². The molecular weight excluding hydrogens is 210 g/mol. The second kappa shape index (κ2) is 6.37. The van der Waals surface area contributed by atoms with E-state index >= 15 is 0 Å². The summed E-state index contributed by atoms with van der Waals surface area (Å²) < 4.78 is 0. The van der Waals surface area contributed by atoms with Gasteiger partial charge in [0.2, 0.25) is 0 Å². The van der Waals surface area contributed by atoms with Crippen molar-refractivity contribution in [2.75, 3.05) is 7.05 Å². The Hall–Kier alpha value is -0.590. The molecule has 2 unspecified atom stereocenters. The summed E-state index contributed by atoms with van der Waals surface area (Å²) in [7, 11) is 2.19. The molecule has 0 aromatic rings. The fourth-order valence-electron chi connectivity index (χ4n) is 2.83. The van der Waals surface area contributed by atoms with Crippen molar-refractivity contribution in [2.45, 2.75) is 76.4 Å². The Bertz CT molecular complexity index is 259. The van der Waals surface area contributed by atoms with Crippen LogP contribution < -0.4 is 5.73 Å². The maximum absolute atomic E-state index is 8.99. The van der Waals surface area contributed by atoms with Crippen LogP contribution in [0, 0.1) is 11.3 Å². The van der Waals surface area contributed by atoms with E-state index < -0.39 is 5.54 Å². The van der Waals surface area contributed by atoms with Crippen LogP contribution in [-0.2, 0) is 0 Å². The predicted octanol–water partition coefficient (Wildman–Crippen LogP) is 2.66. The molecule has 0 radical (unpaired) electrons. The average Bonchev–Trinajstić information content (AvgIpc) is 2.56. The summed E-state index contributed by atoms with van der Waals surface area (Å²) in [6.45, 7) is 4.01. The largest absolute Gasteiger partial charge is 0.314 e. The Balaban J connectivity index is 2.50. The molecule has 2 atom stereocenters. The SMILES string of the molecule is CC(CC(C)(N)C#N)N(C)C1CCCCCC1. The van der Waals surface area contributed by atoms with Gasteiger partial charge in [-0.1, -0.05) is 25.7 Å². The molecule has 0 aromatic carbocycles. The first-order valence-corrected chi connectivity index (χ1v) is 6.88. The second-order valence-electron chi connectivity index (χ2n) is 5.89. The summed E-state index contributed by atoms with van der Waals surface area (Å²) >= 11 is 0. The van der Waals surface area contributed by atoms with Gasteiger partial charge in [-0.3, -0.25) is 0 Å². The minimum Gasteiger partial charge on any atom is -0.314 e. The zero-order valence-electron chi connectivity index (χ0n) is 11.6. The Morgan fingerprint density at radius 3 is 2.35 bits per heavy atom. The van der Waals surface area contributed by atoms with Gasteiger partial charge in [0.25, 0.3) is 0 Å². The van der Waals surface area contributed by atoms with Crippen molar-refractivity contribution >= 4 is 0 Å². The van der Waals surface area contributed by atoms with E-state index in [-0.39, 0.29) is 0 Å². The van der Waals surface area contributed by atoms with Gasteiger partial charge in [-0.2, -0.15) is 5.26 Å². The molecule has 98 valence electrons. The molecule has 1 fully saturated rings. The van der Waals surface area contributed by atoms with Crippen molar-refractivity contribution in [3.8, 4) is 6.07 Å². The van der Waals surface area contributed by atoms with Gasteiger partial charge in [0, 0.05) is 12.1 Å². The van der Waals surface area contributed by atoms with Gasteiger partial charge < -0.3 is 10.6 Å². The van der Waals surface area contributed by atoms with Gasteiger partial charge in [-0.05, 0) is 40.2 Å². The lowest BCUT2D eigenvalue weighted by molar-refractivity contribution is 0.150. The normalized spacial score (nSPS) is 23.8. The van der Waals surface area contributed by atoms with E-state index in [1.165, 1.54) is 38.5 Å². The summed E-state index contributed by atoms with van der Waals surface area (Å²) in [6.07, 6.45) is 8.80. The Labute approximate surface area is 106 Å². The van der Waals surface area contributed by atoms with E-state index in [0.717, 1.165) is 6.42 Å². The zero-order chi connectivity index (χ0) is 12.9. The Kier molecular flexibility index (Phi) is 5.42. The van der Waals surface area contributed by atoms with E-state index in [4.69, 9.17) is 11.0 Å². The highest BCUT2D eigenvalue weighted by atomic mass is 15.2. The fourth-order valence-corrected chi connectivity index (χ4v) is 2.83. The standard InChI is InChI=1S/C14H27N3/c1-12(10-14(2,16)11-15)17(3)13-8-6-4-5-7-9-13/h12-13H,4-10,16H2,1-3H3. The molecule has 0 aliphatic heterocycles. The van der Waals surface area contributed by atoms with Crippen molar-refractivity contribution in [1.29, 1.82) is 5.26 Å². The van der Waals surface area contributed by atoms with Gasteiger partial charge in [0.15, 0.2) is 0 Å². The lowest BCUT2D eigenvalue weighted by atomic mass is 9.94. The van der Waals surface area contributed by atoms with Crippen molar-refractivity contribution < 1.29 is 0 Å². The summed E-state index contributed by atoms with van der Waals surface area (Å²) in [5.41, 5.74) is 5.23. The molecule has 0 heterocycles. The van der Waals surface area contributed by atoms with Crippen molar-refractivity contribution in [3.05, 3.63) is 0 Å². The minimum atomic E-state index is -0.696. The van der Waals surface area contributed by atoms with Crippen molar-refractivity contribution in [2.24, 2.45) is 5.73 Å². The lowest BCUT2D eigenvalue weighted by Gasteiger charge is -2.35. The lowest BCUT2D eigenvalue weighted by Crippen LogP contribution is -2.45. The summed E-state index contributed by atoms with van der Waals surface area (Å²) in [4.78, 5) is 2.44. The minimum absolute atomic E-state index is 0.382. The number of nitrogens with two attached hydrogens (primary N) is 1. The number of hydrogen-bond acceptors (Lipinski definition) is 3. The van der Waals surface area contributed by atoms with Gasteiger partial charge in [0.1, 0.15) is 5.54 Å². The zero-order valence-corrected chi connectivity index (χ0v) is 11.6. The highest BCUT2D eigenvalue weighted by Crippen LogP contribution is 2.24. The highest BCUT2D eigenvalue weighted by molar-refractivity contribution is 5.02. The monoisotopic (exact) mass is 237 g/mol. The molecule has 1 aliphatic carbocycles. The molecule has 0 amide bonds. The Morgan fingerprint density at radius 1 is 1.35 bits per heavy atom. The molecule has 1 saturated carbocycles. The number of nitrogens with zero attached hydrogens (tertiary/aromatic N) is 2. The second-order valence-corrected chi connectivity index (χ2v) is 5.89. The van der Waals surface area contributed by atoms with Crippen LogP contribution in [0.15, 0.2) is 0 Å².